The van der Waals surface area contributed by atoms with E-state index >= 15 is 0 Å². The summed E-state index contributed by atoms with van der Waals surface area (Å²) in [4.78, 5) is 12.3. The zero-order chi connectivity index (χ0) is 16.2. The van der Waals surface area contributed by atoms with Gasteiger partial charge in [-0.05, 0) is 56.2 Å². The molecule has 1 N–H and O–H groups in total. The summed E-state index contributed by atoms with van der Waals surface area (Å²) in [6, 6.07) is 4.93. The highest BCUT2D eigenvalue weighted by Gasteiger charge is 2.28. The molecule has 0 aromatic heterocycles. The van der Waals surface area contributed by atoms with Crippen LogP contribution < -0.4 is 5.32 Å². The van der Waals surface area contributed by atoms with E-state index in [9.17, 15) is 9.18 Å². The van der Waals surface area contributed by atoms with Gasteiger partial charge in [0.15, 0.2) is 0 Å². The fourth-order valence-corrected chi connectivity index (χ4v) is 3.31. The zero-order valence-corrected chi connectivity index (χ0v) is 13.5. The normalized spacial score (nSPS) is 25.0. The molecule has 4 nitrogen and oxygen atoms in total. The van der Waals surface area contributed by atoms with Crippen LogP contribution in [0.5, 0.6) is 0 Å². The van der Waals surface area contributed by atoms with Gasteiger partial charge in [0.1, 0.15) is 11.9 Å². The summed E-state index contributed by atoms with van der Waals surface area (Å²) >= 11 is 0. The Hall–Kier alpha value is -1.46. The average Bonchev–Trinajstić information content (AvgIpc) is 2.98. The highest BCUT2D eigenvalue weighted by molar-refractivity contribution is 5.81. The monoisotopic (exact) mass is 321 g/mol. The molecule has 3 rings (SSSR count). The van der Waals surface area contributed by atoms with Gasteiger partial charge in [-0.2, -0.15) is 0 Å². The molecule has 0 saturated carbocycles. The van der Waals surface area contributed by atoms with Crippen molar-refractivity contribution in [3.8, 4) is 0 Å². The lowest BCUT2D eigenvalue weighted by Gasteiger charge is -2.24. The minimum absolute atomic E-state index is 0.0975. The highest BCUT2D eigenvalue weighted by atomic mass is 19.1. The quantitative estimate of drug-likeness (QED) is 0.907. The fraction of sp³-hybridized carbons (Fsp3) is 0.611. The number of carbonyl (C=O) groups is 1. The number of amides is 1. The van der Waals surface area contributed by atoms with Gasteiger partial charge in [-0.1, -0.05) is 12.1 Å². The lowest BCUT2D eigenvalue weighted by atomic mass is 10.1. The van der Waals surface area contributed by atoms with Crippen LogP contribution in [0.1, 0.15) is 49.8 Å². The van der Waals surface area contributed by atoms with Crippen LogP contribution in [0.2, 0.25) is 0 Å². The topological polar surface area (TPSA) is 47.6 Å². The van der Waals surface area contributed by atoms with E-state index < -0.39 is 6.10 Å². The molecule has 3 atom stereocenters. The molecule has 1 amide bonds. The van der Waals surface area contributed by atoms with Gasteiger partial charge >= 0.3 is 0 Å². The second kappa shape index (κ2) is 7.41. The van der Waals surface area contributed by atoms with E-state index in [4.69, 9.17) is 9.47 Å². The van der Waals surface area contributed by atoms with Crippen molar-refractivity contribution < 1.29 is 18.7 Å². The summed E-state index contributed by atoms with van der Waals surface area (Å²) < 4.78 is 25.0. The number of fused-ring (bicyclic) bond motifs is 1. The molecule has 1 aliphatic heterocycles. The number of carbonyl (C=O) groups excluding carboxylic acids is 1. The summed E-state index contributed by atoms with van der Waals surface area (Å²) in [7, 11) is 0. The molecule has 1 saturated heterocycles. The molecule has 0 radical (unpaired) electrons. The number of hydrogen-bond donors (Lipinski definition) is 1. The van der Waals surface area contributed by atoms with Crippen LogP contribution in [0, 0.1) is 5.82 Å². The number of nitrogens with one attached hydrogen (secondary N) is 1. The van der Waals surface area contributed by atoms with Gasteiger partial charge in [0.05, 0.1) is 18.8 Å². The van der Waals surface area contributed by atoms with Crippen molar-refractivity contribution in [3.63, 3.8) is 0 Å². The first-order valence-electron chi connectivity index (χ1n) is 8.46. The van der Waals surface area contributed by atoms with Crippen molar-refractivity contribution in [2.75, 3.05) is 13.2 Å². The molecule has 1 heterocycles. The third-order valence-electron chi connectivity index (χ3n) is 4.71. The molecule has 1 fully saturated rings. The van der Waals surface area contributed by atoms with E-state index in [0.29, 0.717) is 13.0 Å². The standard InChI is InChI=1S/C18H24FNO3/c1-12(23-11-13-5-2-3-10-22-13)18(21)20-17-9-8-14-15(17)6-4-7-16(14)19/h4,6-7,12-13,17H,2-3,5,8-11H2,1H3,(H,20,21)/t12-,13+,17-/m0/s1. The first-order valence-corrected chi connectivity index (χ1v) is 8.46. The number of ether oxygens (including phenoxy) is 2. The first kappa shape index (κ1) is 16.4. The maximum absolute atomic E-state index is 13.7. The maximum atomic E-state index is 13.7. The van der Waals surface area contributed by atoms with Gasteiger partial charge in [0.2, 0.25) is 5.91 Å². The maximum Gasteiger partial charge on any atom is 0.249 e. The van der Waals surface area contributed by atoms with Crippen LogP contribution in [0.3, 0.4) is 0 Å². The molecular weight excluding hydrogens is 297 g/mol. The van der Waals surface area contributed by atoms with Gasteiger partial charge in [-0.25, -0.2) is 4.39 Å². The molecule has 1 aliphatic carbocycles. The lowest BCUT2D eigenvalue weighted by Crippen LogP contribution is -2.38. The zero-order valence-electron chi connectivity index (χ0n) is 13.5. The molecule has 0 unspecified atom stereocenters. The molecule has 0 spiro atoms. The van der Waals surface area contributed by atoms with Gasteiger partial charge < -0.3 is 14.8 Å². The van der Waals surface area contributed by atoms with Gasteiger partial charge in [-0.15, -0.1) is 0 Å². The van der Waals surface area contributed by atoms with Crippen LogP contribution in [-0.2, 0) is 20.7 Å². The van der Waals surface area contributed by atoms with Crippen molar-refractivity contribution in [3.05, 3.63) is 35.1 Å². The molecular formula is C18H24FNO3. The lowest BCUT2D eigenvalue weighted by molar-refractivity contribution is -0.136. The van der Waals surface area contributed by atoms with E-state index in [1.807, 2.05) is 6.07 Å². The van der Waals surface area contributed by atoms with Crippen LogP contribution in [-0.4, -0.2) is 31.3 Å². The van der Waals surface area contributed by atoms with Crippen molar-refractivity contribution in [2.45, 2.75) is 57.3 Å². The third-order valence-corrected chi connectivity index (χ3v) is 4.71. The minimum atomic E-state index is -0.530. The molecule has 126 valence electrons. The number of halogens is 1. The third kappa shape index (κ3) is 3.90. The van der Waals surface area contributed by atoms with Crippen LogP contribution in [0.15, 0.2) is 18.2 Å². The Morgan fingerprint density at radius 1 is 1.43 bits per heavy atom. The van der Waals surface area contributed by atoms with Gasteiger partial charge in [-0.3, -0.25) is 4.79 Å². The molecule has 1 aromatic carbocycles. The van der Waals surface area contributed by atoms with E-state index in [0.717, 1.165) is 43.4 Å². The Morgan fingerprint density at radius 2 is 2.30 bits per heavy atom. The largest absolute Gasteiger partial charge is 0.376 e. The summed E-state index contributed by atoms with van der Waals surface area (Å²) in [5.41, 5.74) is 1.61. The summed E-state index contributed by atoms with van der Waals surface area (Å²) in [6.07, 6.45) is 4.21. The second-order valence-corrected chi connectivity index (χ2v) is 6.37. The van der Waals surface area contributed by atoms with Gasteiger partial charge in [0, 0.05) is 6.61 Å². The Kier molecular flexibility index (Phi) is 5.28. The molecule has 2 aliphatic rings. The van der Waals surface area contributed by atoms with Crippen molar-refractivity contribution >= 4 is 5.91 Å². The first-order chi connectivity index (χ1) is 11.1. The SMILES string of the molecule is C[C@H](OC[C@H]1CCCCO1)C(=O)N[C@H]1CCc2c(F)cccc21. The summed E-state index contributed by atoms with van der Waals surface area (Å²) in [6.45, 7) is 2.98. The minimum Gasteiger partial charge on any atom is -0.376 e. The van der Waals surface area contributed by atoms with Gasteiger partial charge in [0.25, 0.3) is 0 Å². The number of benzene rings is 1. The Labute approximate surface area is 136 Å². The van der Waals surface area contributed by atoms with E-state index in [2.05, 4.69) is 5.32 Å². The predicted molar refractivity (Wildman–Crippen MR) is 84.6 cm³/mol. The highest BCUT2D eigenvalue weighted by Crippen LogP contribution is 2.32. The summed E-state index contributed by atoms with van der Waals surface area (Å²) in [5, 5.41) is 2.98. The molecule has 5 heteroatoms. The van der Waals surface area contributed by atoms with Crippen molar-refractivity contribution in [1.82, 2.24) is 5.32 Å². The van der Waals surface area contributed by atoms with E-state index in [1.165, 1.54) is 6.07 Å². The molecule has 23 heavy (non-hydrogen) atoms. The number of rotatable bonds is 5. The Balaban J connectivity index is 1.50. The van der Waals surface area contributed by atoms with Crippen molar-refractivity contribution in [1.29, 1.82) is 0 Å². The molecule has 0 bridgehead atoms. The Bertz CT molecular complexity index is 557. The predicted octanol–water partition coefficient (Wildman–Crippen LogP) is 2.90. The smallest absolute Gasteiger partial charge is 0.249 e. The molecule has 1 aromatic rings. The second-order valence-electron chi connectivity index (χ2n) is 6.37. The van der Waals surface area contributed by atoms with Crippen LogP contribution in [0.4, 0.5) is 4.39 Å². The van der Waals surface area contributed by atoms with E-state index in [1.54, 1.807) is 13.0 Å². The van der Waals surface area contributed by atoms with Crippen LogP contribution in [0.25, 0.3) is 0 Å². The average molecular weight is 321 g/mol. The van der Waals surface area contributed by atoms with E-state index in [-0.39, 0.29) is 23.9 Å². The Morgan fingerprint density at radius 3 is 3.09 bits per heavy atom. The fourth-order valence-electron chi connectivity index (χ4n) is 3.31. The number of hydrogen-bond acceptors (Lipinski definition) is 3. The van der Waals surface area contributed by atoms with Crippen LogP contribution >= 0.6 is 0 Å². The summed E-state index contributed by atoms with van der Waals surface area (Å²) in [5.74, 6) is -0.332. The van der Waals surface area contributed by atoms with Crippen molar-refractivity contribution in [2.24, 2.45) is 0 Å².